The SMILES string of the molecule is CC(C)S(=O)(=O)c1nsc2nc(=O)c(C=C3C=Nc4ccccc43)c(N)n12. The molecule has 27 heavy (non-hydrogen) atoms. The molecule has 1 aromatic carbocycles. The maximum atomic E-state index is 12.6. The zero-order valence-corrected chi connectivity index (χ0v) is 16.1. The standard InChI is InChI=1S/C17H15N5O3S2/c1-9(2)27(24,25)17-21-26-16-20-15(23)12(14(18)22(16)17)7-10-8-19-13-6-4-3-5-11(10)13/h3-9H,18H2,1-2H3. The summed E-state index contributed by atoms with van der Waals surface area (Å²) in [5.41, 5.74) is 8.10. The van der Waals surface area contributed by atoms with Crippen molar-refractivity contribution < 1.29 is 8.42 Å². The van der Waals surface area contributed by atoms with Crippen molar-refractivity contribution in [2.45, 2.75) is 24.3 Å². The first kappa shape index (κ1) is 17.6. The van der Waals surface area contributed by atoms with Crippen molar-refractivity contribution in [1.82, 2.24) is 13.8 Å². The van der Waals surface area contributed by atoms with Gasteiger partial charge in [0.2, 0.25) is 20.0 Å². The van der Waals surface area contributed by atoms with Crippen LogP contribution in [-0.4, -0.2) is 33.6 Å². The van der Waals surface area contributed by atoms with Gasteiger partial charge in [0.1, 0.15) is 5.82 Å². The maximum absolute atomic E-state index is 12.6. The van der Waals surface area contributed by atoms with Gasteiger partial charge < -0.3 is 5.73 Å². The van der Waals surface area contributed by atoms with Crippen LogP contribution in [0.3, 0.4) is 0 Å². The van der Waals surface area contributed by atoms with Gasteiger partial charge in [0.15, 0.2) is 0 Å². The Morgan fingerprint density at radius 1 is 1.26 bits per heavy atom. The molecule has 4 rings (SSSR count). The number of hydrogen-bond donors (Lipinski definition) is 1. The largest absolute Gasteiger partial charge is 0.384 e. The highest BCUT2D eigenvalue weighted by molar-refractivity contribution is 7.91. The zero-order valence-electron chi connectivity index (χ0n) is 14.4. The van der Waals surface area contributed by atoms with Crippen molar-refractivity contribution >= 4 is 55.7 Å². The van der Waals surface area contributed by atoms with Gasteiger partial charge >= 0.3 is 0 Å². The van der Waals surface area contributed by atoms with Crippen LogP contribution in [0.25, 0.3) is 16.6 Å². The number of sulfone groups is 1. The van der Waals surface area contributed by atoms with E-state index in [9.17, 15) is 13.2 Å². The molecule has 0 amide bonds. The molecule has 0 saturated carbocycles. The van der Waals surface area contributed by atoms with Crippen LogP contribution in [0.2, 0.25) is 0 Å². The van der Waals surface area contributed by atoms with E-state index >= 15 is 0 Å². The van der Waals surface area contributed by atoms with E-state index in [1.54, 1.807) is 26.1 Å². The summed E-state index contributed by atoms with van der Waals surface area (Å²) in [5.74, 6) is -0.0109. The van der Waals surface area contributed by atoms with E-state index in [0.29, 0.717) is 5.57 Å². The van der Waals surface area contributed by atoms with Crippen molar-refractivity contribution in [3.05, 3.63) is 45.7 Å². The molecule has 3 heterocycles. The molecule has 1 aliphatic rings. The lowest BCUT2D eigenvalue weighted by molar-refractivity contribution is 0.578. The van der Waals surface area contributed by atoms with Crippen LogP contribution < -0.4 is 11.3 Å². The minimum Gasteiger partial charge on any atom is -0.384 e. The van der Waals surface area contributed by atoms with Gasteiger partial charge in [-0.3, -0.25) is 9.79 Å². The lowest BCUT2D eigenvalue weighted by atomic mass is 10.1. The van der Waals surface area contributed by atoms with Crippen LogP contribution in [0.5, 0.6) is 0 Å². The summed E-state index contributed by atoms with van der Waals surface area (Å²) in [6.07, 6.45) is 3.21. The number of para-hydroxylation sites is 1. The zero-order chi connectivity index (χ0) is 19.3. The third-order valence-corrected chi connectivity index (χ3v) is 7.11. The molecule has 1 aliphatic heterocycles. The minimum absolute atomic E-state index is 0.0109. The summed E-state index contributed by atoms with van der Waals surface area (Å²) in [5, 5.41) is -0.889. The highest BCUT2D eigenvalue weighted by Crippen LogP contribution is 2.32. The average molecular weight is 401 g/mol. The monoisotopic (exact) mass is 401 g/mol. The molecule has 0 fully saturated rings. The maximum Gasteiger partial charge on any atom is 0.283 e. The Balaban J connectivity index is 1.97. The molecule has 0 atom stereocenters. The summed E-state index contributed by atoms with van der Waals surface area (Å²) in [6, 6.07) is 7.49. The number of nitrogens with zero attached hydrogens (tertiary/aromatic N) is 4. The third kappa shape index (κ3) is 2.68. The second kappa shape index (κ2) is 6.10. The Morgan fingerprint density at radius 2 is 2.00 bits per heavy atom. The lowest BCUT2D eigenvalue weighted by Gasteiger charge is -2.09. The first-order valence-electron chi connectivity index (χ1n) is 8.07. The van der Waals surface area contributed by atoms with Crippen molar-refractivity contribution in [1.29, 1.82) is 0 Å². The van der Waals surface area contributed by atoms with Gasteiger partial charge in [0, 0.05) is 28.9 Å². The smallest absolute Gasteiger partial charge is 0.283 e. The first-order chi connectivity index (χ1) is 12.8. The predicted molar refractivity (Wildman–Crippen MR) is 106 cm³/mol. The molecule has 3 aromatic rings. The Bertz CT molecular complexity index is 1300. The van der Waals surface area contributed by atoms with Crippen LogP contribution in [0, 0.1) is 0 Å². The van der Waals surface area contributed by atoms with Crippen LogP contribution in [0.4, 0.5) is 11.5 Å². The van der Waals surface area contributed by atoms with E-state index in [0.717, 1.165) is 22.8 Å². The number of allylic oxidation sites excluding steroid dienone is 1. The number of aliphatic imine (C=N–C) groups is 1. The fraction of sp³-hybridized carbons (Fsp3) is 0.176. The Hall–Kier alpha value is -2.85. The van der Waals surface area contributed by atoms with E-state index in [1.807, 2.05) is 24.3 Å². The van der Waals surface area contributed by atoms with E-state index in [1.165, 1.54) is 4.40 Å². The average Bonchev–Trinajstić information content (AvgIpc) is 3.23. The van der Waals surface area contributed by atoms with Crippen molar-refractivity contribution in [2.24, 2.45) is 4.99 Å². The molecule has 8 nitrogen and oxygen atoms in total. The molecule has 0 radical (unpaired) electrons. The summed E-state index contributed by atoms with van der Waals surface area (Å²) in [6.45, 7) is 3.11. The number of nitrogen functional groups attached to an aromatic ring is 1. The predicted octanol–water partition coefficient (Wildman–Crippen LogP) is 2.17. The fourth-order valence-electron chi connectivity index (χ4n) is 2.73. The summed E-state index contributed by atoms with van der Waals surface area (Å²) >= 11 is 0.822. The van der Waals surface area contributed by atoms with Crippen LogP contribution in [0.15, 0.2) is 39.2 Å². The minimum atomic E-state index is -3.69. The van der Waals surface area contributed by atoms with Gasteiger partial charge in [-0.2, -0.15) is 9.36 Å². The van der Waals surface area contributed by atoms with Crippen LogP contribution >= 0.6 is 11.5 Å². The topological polar surface area (TPSA) is 120 Å². The first-order valence-corrected chi connectivity index (χ1v) is 10.4. The van der Waals surface area contributed by atoms with Crippen LogP contribution in [-0.2, 0) is 9.84 Å². The van der Waals surface area contributed by atoms with Crippen LogP contribution in [0.1, 0.15) is 25.0 Å². The number of anilines is 1. The molecule has 0 aliphatic carbocycles. The summed E-state index contributed by atoms with van der Waals surface area (Å²) in [7, 11) is -3.69. The number of rotatable bonds is 3. The Labute approximate surface area is 158 Å². The normalized spacial score (nSPS) is 15.1. The molecule has 2 N–H and O–H groups in total. The van der Waals surface area contributed by atoms with E-state index in [4.69, 9.17) is 5.73 Å². The molecule has 0 bridgehead atoms. The lowest BCUT2D eigenvalue weighted by Crippen LogP contribution is -2.21. The highest BCUT2D eigenvalue weighted by atomic mass is 32.2. The van der Waals surface area contributed by atoms with Gasteiger partial charge in [0.25, 0.3) is 5.56 Å². The highest BCUT2D eigenvalue weighted by Gasteiger charge is 2.28. The Kier molecular flexibility index (Phi) is 3.97. The molecular weight excluding hydrogens is 386 g/mol. The molecule has 138 valence electrons. The second-order valence-electron chi connectivity index (χ2n) is 6.27. The number of hydrogen-bond acceptors (Lipinski definition) is 8. The van der Waals surface area contributed by atoms with Gasteiger partial charge in [-0.05, 0) is 26.0 Å². The molecule has 0 unspecified atom stereocenters. The third-order valence-electron chi connectivity index (χ3n) is 4.27. The van der Waals surface area contributed by atoms with Gasteiger partial charge in [0.05, 0.1) is 16.5 Å². The van der Waals surface area contributed by atoms with Gasteiger partial charge in [-0.15, -0.1) is 0 Å². The van der Waals surface area contributed by atoms with Gasteiger partial charge in [-0.1, -0.05) is 18.2 Å². The van der Waals surface area contributed by atoms with E-state index < -0.39 is 20.6 Å². The number of aromatic nitrogens is 3. The number of fused-ring (bicyclic) bond motifs is 2. The molecular formula is C17H15N5O3S2. The molecule has 0 spiro atoms. The summed E-state index contributed by atoms with van der Waals surface area (Å²) in [4.78, 5) is 20.9. The number of nitrogens with two attached hydrogens (primary N) is 1. The molecule has 0 saturated heterocycles. The Morgan fingerprint density at radius 3 is 2.74 bits per heavy atom. The summed E-state index contributed by atoms with van der Waals surface area (Å²) < 4.78 is 30.4. The van der Waals surface area contributed by atoms with Crippen molar-refractivity contribution in [3.8, 4) is 0 Å². The van der Waals surface area contributed by atoms with Crippen molar-refractivity contribution in [2.75, 3.05) is 5.73 Å². The van der Waals surface area contributed by atoms with E-state index in [2.05, 4.69) is 14.3 Å². The van der Waals surface area contributed by atoms with Crippen molar-refractivity contribution in [3.63, 3.8) is 0 Å². The fourth-order valence-corrected chi connectivity index (χ4v) is 4.81. The molecule has 2 aromatic heterocycles. The molecule has 10 heteroatoms. The quantitative estimate of drug-likeness (QED) is 0.718. The van der Waals surface area contributed by atoms with Gasteiger partial charge in [-0.25, -0.2) is 12.8 Å². The van der Waals surface area contributed by atoms with E-state index in [-0.39, 0.29) is 21.5 Å². The second-order valence-corrected chi connectivity index (χ2v) is 9.40. The number of benzene rings is 1.